The van der Waals surface area contributed by atoms with Gasteiger partial charge in [-0.3, -0.25) is 4.90 Å². The lowest BCUT2D eigenvalue weighted by Gasteiger charge is -2.31. The second kappa shape index (κ2) is 6.94. The minimum Gasteiger partial charge on any atom is -0.478 e. The summed E-state index contributed by atoms with van der Waals surface area (Å²) in [6.45, 7) is 2.66. The maximum atomic E-state index is 11.4. The van der Waals surface area contributed by atoms with Crippen molar-refractivity contribution in [3.05, 3.63) is 64.7 Å². The topological polar surface area (TPSA) is 53.4 Å². The van der Waals surface area contributed by atoms with Gasteiger partial charge < -0.3 is 5.11 Å². The number of carbonyl (C=O) groups is 1. The van der Waals surface area contributed by atoms with Crippen molar-refractivity contribution < 1.29 is 9.90 Å². The molecule has 2 aromatic carbocycles. The van der Waals surface area contributed by atoms with Crippen molar-refractivity contribution in [2.45, 2.75) is 25.3 Å². The molecule has 0 bridgehead atoms. The summed E-state index contributed by atoms with van der Waals surface area (Å²) in [5.74, 6) is -0.330. The number of aromatic carboxylic acids is 1. The van der Waals surface area contributed by atoms with Crippen LogP contribution in [-0.4, -0.2) is 34.0 Å². The zero-order chi connectivity index (χ0) is 17.2. The third-order valence-corrected chi connectivity index (χ3v) is 6.09. The van der Waals surface area contributed by atoms with Gasteiger partial charge in [-0.1, -0.05) is 30.3 Å². The number of aromatic nitrogens is 1. The first-order valence-corrected chi connectivity index (χ1v) is 9.41. The molecule has 1 fully saturated rings. The molecule has 0 amide bonds. The summed E-state index contributed by atoms with van der Waals surface area (Å²) in [5.41, 5.74) is 2.41. The van der Waals surface area contributed by atoms with Gasteiger partial charge in [0.2, 0.25) is 0 Å². The number of carboxylic acids is 1. The molecule has 4 rings (SSSR count). The molecule has 3 aromatic rings. The van der Waals surface area contributed by atoms with Crippen LogP contribution in [0.5, 0.6) is 0 Å². The lowest BCUT2D eigenvalue weighted by Crippen LogP contribution is -2.32. The highest BCUT2D eigenvalue weighted by atomic mass is 32.1. The molecule has 0 spiro atoms. The standard InChI is InChI=1S/C20H20N2O2S/c23-20(24)16-6-2-1-5-15(16)13-22-11-9-14(10-12-22)19-21-17-7-3-4-8-18(17)25-19/h1-8,14H,9-13H2,(H,23,24). The Morgan fingerprint density at radius 3 is 2.60 bits per heavy atom. The first kappa shape index (κ1) is 16.2. The largest absolute Gasteiger partial charge is 0.478 e. The van der Waals surface area contributed by atoms with Gasteiger partial charge in [-0.2, -0.15) is 0 Å². The third-order valence-electron chi connectivity index (χ3n) is 4.89. The number of carboxylic acid groups (broad SMARTS) is 1. The van der Waals surface area contributed by atoms with Crippen LogP contribution in [-0.2, 0) is 6.54 Å². The molecule has 1 aliphatic rings. The van der Waals surface area contributed by atoms with Gasteiger partial charge in [-0.15, -0.1) is 11.3 Å². The van der Waals surface area contributed by atoms with Crippen molar-refractivity contribution in [2.24, 2.45) is 0 Å². The van der Waals surface area contributed by atoms with Crippen LogP contribution in [0.15, 0.2) is 48.5 Å². The Kier molecular flexibility index (Phi) is 4.51. The van der Waals surface area contributed by atoms with Crippen molar-refractivity contribution in [1.82, 2.24) is 9.88 Å². The molecule has 1 aliphatic heterocycles. The van der Waals surface area contributed by atoms with E-state index >= 15 is 0 Å². The van der Waals surface area contributed by atoms with Gasteiger partial charge in [0.15, 0.2) is 0 Å². The van der Waals surface area contributed by atoms with Gasteiger partial charge in [0, 0.05) is 12.5 Å². The number of piperidine rings is 1. The SMILES string of the molecule is O=C(O)c1ccccc1CN1CCC(c2nc3ccccc3s2)CC1. The lowest BCUT2D eigenvalue weighted by molar-refractivity contribution is 0.0694. The average molecular weight is 352 g/mol. The number of likely N-dealkylation sites (tertiary alicyclic amines) is 1. The Bertz CT molecular complexity index is 864. The third kappa shape index (κ3) is 3.43. The van der Waals surface area contributed by atoms with Crippen LogP contribution in [0.2, 0.25) is 0 Å². The smallest absolute Gasteiger partial charge is 0.336 e. The Morgan fingerprint density at radius 1 is 1.12 bits per heavy atom. The van der Waals surface area contributed by atoms with E-state index in [-0.39, 0.29) is 0 Å². The van der Waals surface area contributed by atoms with Crippen molar-refractivity contribution in [1.29, 1.82) is 0 Å². The Balaban J connectivity index is 1.42. The van der Waals surface area contributed by atoms with Crippen molar-refractivity contribution in [3.8, 4) is 0 Å². The number of hydrogen-bond donors (Lipinski definition) is 1. The lowest BCUT2D eigenvalue weighted by atomic mass is 9.96. The molecule has 5 heteroatoms. The van der Waals surface area contributed by atoms with Crippen molar-refractivity contribution in [2.75, 3.05) is 13.1 Å². The van der Waals surface area contributed by atoms with Gasteiger partial charge in [-0.05, 0) is 49.7 Å². The molecule has 0 unspecified atom stereocenters. The summed E-state index contributed by atoms with van der Waals surface area (Å²) in [6, 6.07) is 15.6. The van der Waals surface area contributed by atoms with E-state index in [4.69, 9.17) is 4.98 Å². The van der Waals surface area contributed by atoms with Crippen LogP contribution in [0, 0.1) is 0 Å². The summed E-state index contributed by atoms with van der Waals surface area (Å²) in [4.78, 5) is 18.5. The van der Waals surface area contributed by atoms with Gasteiger partial charge in [0.25, 0.3) is 0 Å². The highest BCUT2D eigenvalue weighted by Crippen LogP contribution is 2.34. The molecule has 0 atom stereocenters. The van der Waals surface area contributed by atoms with E-state index in [9.17, 15) is 9.90 Å². The monoisotopic (exact) mass is 352 g/mol. The van der Waals surface area contributed by atoms with Crippen LogP contribution < -0.4 is 0 Å². The summed E-state index contributed by atoms with van der Waals surface area (Å²) >= 11 is 1.81. The van der Waals surface area contributed by atoms with Gasteiger partial charge in [0.1, 0.15) is 0 Å². The van der Waals surface area contributed by atoms with Crippen LogP contribution in [0.1, 0.15) is 39.7 Å². The average Bonchev–Trinajstić information content (AvgIpc) is 3.07. The number of thiazole rings is 1. The molecule has 1 saturated heterocycles. The summed E-state index contributed by atoms with van der Waals surface area (Å²) in [5, 5.41) is 10.6. The Labute approximate surface area is 150 Å². The summed E-state index contributed by atoms with van der Waals surface area (Å²) in [7, 11) is 0. The molecule has 4 nitrogen and oxygen atoms in total. The predicted molar refractivity (Wildman–Crippen MR) is 100 cm³/mol. The van der Waals surface area contributed by atoms with Crippen LogP contribution in [0.4, 0.5) is 0 Å². The Hall–Kier alpha value is -2.24. The molecular weight excluding hydrogens is 332 g/mol. The van der Waals surface area contributed by atoms with Crippen LogP contribution >= 0.6 is 11.3 Å². The van der Waals surface area contributed by atoms with E-state index in [0.29, 0.717) is 18.0 Å². The maximum absolute atomic E-state index is 11.4. The summed E-state index contributed by atoms with van der Waals surface area (Å²) < 4.78 is 1.26. The van der Waals surface area contributed by atoms with Crippen molar-refractivity contribution in [3.63, 3.8) is 0 Å². The highest BCUT2D eigenvalue weighted by Gasteiger charge is 2.24. The molecule has 2 heterocycles. The number of fused-ring (bicyclic) bond motifs is 1. The van der Waals surface area contributed by atoms with Gasteiger partial charge >= 0.3 is 5.97 Å². The summed E-state index contributed by atoms with van der Waals surface area (Å²) in [6.07, 6.45) is 2.16. The normalized spacial score (nSPS) is 16.3. The fourth-order valence-corrected chi connectivity index (χ4v) is 4.65. The second-order valence-electron chi connectivity index (χ2n) is 6.53. The van der Waals surface area contributed by atoms with Gasteiger partial charge in [-0.25, -0.2) is 9.78 Å². The predicted octanol–water partition coefficient (Wildman–Crippen LogP) is 4.37. The molecule has 0 aliphatic carbocycles. The fourth-order valence-electron chi connectivity index (χ4n) is 3.51. The van der Waals surface area contributed by atoms with E-state index in [2.05, 4.69) is 23.1 Å². The van der Waals surface area contributed by atoms with E-state index in [1.807, 2.05) is 29.5 Å². The van der Waals surface area contributed by atoms with Gasteiger partial charge in [0.05, 0.1) is 20.8 Å². The second-order valence-corrected chi connectivity index (χ2v) is 7.59. The van der Waals surface area contributed by atoms with E-state index < -0.39 is 5.97 Å². The number of benzene rings is 2. The number of rotatable bonds is 4. The minimum absolute atomic E-state index is 0.413. The minimum atomic E-state index is -0.847. The van der Waals surface area contributed by atoms with E-state index in [0.717, 1.165) is 37.0 Å². The van der Waals surface area contributed by atoms with E-state index in [1.165, 1.54) is 9.71 Å². The molecule has 1 aromatic heterocycles. The molecule has 1 N–H and O–H groups in total. The van der Waals surface area contributed by atoms with E-state index in [1.54, 1.807) is 12.1 Å². The molecule has 0 radical (unpaired) electrons. The molecular formula is C20H20N2O2S. The van der Waals surface area contributed by atoms with Crippen LogP contribution in [0.3, 0.4) is 0 Å². The zero-order valence-electron chi connectivity index (χ0n) is 13.9. The molecule has 128 valence electrons. The van der Waals surface area contributed by atoms with Crippen LogP contribution in [0.25, 0.3) is 10.2 Å². The number of para-hydroxylation sites is 1. The molecule has 25 heavy (non-hydrogen) atoms. The highest BCUT2D eigenvalue weighted by molar-refractivity contribution is 7.18. The van der Waals surface area contributed by atoms with Crippen molar-refractivity contribution >= 4 is 27.5 Å². The first-order valence-electron chi connectivity index (χ1n) is 8.60. The quantitative estimate of drug-likeness (QED) is 0.757. The first-order chi connectivity index (χ1) is 12.2. The molecule has 0 saturated carbocycles. The Morgan fingerprint density at radius 2 is 1.84 bits per heavy atom. The zero-order valence-corrected chi connectivity index (χ0v) is 14.7. The number of nitrogens with zero attached hydrogens (tertiary/aromatic N) is 2. The fraction of sp³-hybridized carbons (Fsp3) is 0.300. The number of hydrogen-bond acceptors (Lipinski definition) is 4. The maximum Gasteiger partial charge on any atom is 0.336 e.